The van der Waals surface area contributed by atoms with Gasteiger partial charge in [0.15, 0.2) is 0 Å². The Balaban J connectivity index is 2.03. The van der Waals surface area contributed by atoms with E-state index in [0.717, 1.165) is 9.80 Å². The van der Waals surface area contributed by atoms with Gasteiger partial charge in [0, 0.05) is 14.1 Å². The van der Waals surface area contributed by atoms with Crippen LogP contribution in [0.2, 0.25) is 0 Å². The molecule has 0 aromatic heterocycles. The summed E-state index contributed by atoms with van der Waals surface area (Å²) in [4.78, 5) is 49.6. The molecule has 2 saturated heterocycles. The molecule has 3 fully saturated rings. The zero-order chi connectivity index (χ0) is 12.5. The number of likely N-dealkylation sites (tertiary alicyclic amines) is 2. The molecule has 0 aromatic carbocycles. The molecule has 0 radical (unpaired) electrons. The summed E-state index contributed by atoms with van der Waals surface area (Å²) in [5.74, 6) is -3.30. The lowest BCUT2D eigenvalue weighted by atomic mass is 9.89. The number of hydrogen-bond acceptors (Lipinski definition) is 4. The topological polar surface area (TPSA) is 74.8 Å². The molecule has 90 valence electrons. The number of hydrogen-bond donors (Lipinski definition) is 0. The molecule has 0 bridgehead atoms. The van der Waals surface area contributed by atoms with Gasteiger partial charge in [0.1, 0.15) is 0 Å². The predicted molar refractivity (Wildman–Crippen MR) is 54.1 cm³/mol. The van der Waals surface area contributed by atoms with E-state index in [9.17, 15) is 19.2 Å². The molecule has 0 spiro atoms. The second-order valence-corrected chi connectivity index (χ2v) is 4.97. The van der Waals surface area contributed by atoms with Crippen LogP contribution in [0.15, 0.2) is 0 Å². The lowest BCUT2D eigenvalue weighted by Gasteiger charge is -2.13. The van der Waals surface area contributed by atoms with E-state index in [2.05, 4.69) is 0 Å². The summed E-state index contributed by atoms with van der Waals surface area (Å²) in [6.45, 7) is 0. The molecule has 1 aliphatic carbocycles. The van der Waals surface area contributed by atoms with E-state index in [4.69, 9.17) is 0 Å². The molecule has 3 rings (SSSR count). The van der Waals surface area contributed by atoms with Crippen molar-refractivity contribution in [2.24, 2.45) is 23.7 Å². The number of rotatable bonds is 0. The van der Waals surface area contributed by atoms with Gasteiger partial charge in [-0.15, -0.1) is 0 Å². The molecule has 6 nitrogen and oxygen atoms in total. The largest absolute Gasteiger partial charge is 0.285 e. The van der Waals surface area contributed by atoms with Crippen molar-refractivity contribution in [1.29, 1.82) is 0 Å². The van der Waals surface area contributed by atoms with Crippen LogP contribution in [0.4, 0.5) is 0 Å². The van der Waals surface area contributed by atoms with E-state index < -0.39 is 23.7 Å². The van der Waals surface area contributed by atoms with E-state index >= 15 is 0 Å². The number of carbonyl (C=O) groups is 4. The molecule has 4 atom stereocenters. The van der Waals surface area contributed by atoms with Crippen molar-refractivity contribution in [3.63, 3.8) is 0 Å². The minimum absolute atomic E-state index is 0.252. The first-order chi connectivity index (χ1) is 7.95. The number of fused-ring (bicyclic) bond motifs is 3. The molecule has 6 heteroatoms. The van der Waals surface area contributed by atoms with Crippen molar-refractivity contribution in [1.82, 2.24) is 9.80 Å². The highest BCUT2D eigenvalue weighted by atomic mass is 16.2. The maximum Gasteiger partial charge on any atom is 0.233 e. The van der Waals surface area contributed by atoms with Gasteiger partial charge in [0.2, 0.25) is 23.6 Å². The van der Waals surface area contributed by atoms with Gasteiger partial charge in [0.25, 0.3) is 0 Å². The SMILES string of the molecule is CN1C(=O)C2CC3C(=O)N(C)C(=O)C3C2C1=O. The Morgan fingerprint density at radius 2 is 1.12 bits per heavy atom. The lowest BCUT2D eigenvalue weighted by molar-refractivity contribution is -0.142. The monoisotopic (exact) mass is 236 g/mol. The van der Waals surface area contributed by atoms with Gasteiger partial charge in [-0.2, -0.15) is 0 Å². The lowest BCUT2D eigenvalue weighted by Crippen LogP contribution is -2.33. The third-order valence-corrected chi connectivity index (χ3v) is 4.29. The maximum absolute atomic E-state index is 11.9. The van der Waals surface area contributed by atoms with Crippen LogP contribution in [-0.4, -0.2) is 47.5 Å². The Bertz CT molecular complexity index is 430. The highest BCUT2D eigenvalue weighted by Crippen LogP contribution is 2.50. The normalized spacial score (nSPS) is 40.4. The summed E-state index contributed by atoms with van der Waals surface area (Å²) in [7, 11) is 2.87. The quantitative estimate of drug-likeness (QED) is 0.498. The van der Waals surface area contributed by atoms with Crippen LogP contribution in [0.5, 0.6) is 0 Å². The van der Waals surface area contributed by atoms with Gasteiger partial charge in [-0.25, -0.2) is 0 Å². The van der Waals surface area contributed by atoms with E-state index in [-0.39, 0.29) is 23.6 Å². The van der Waals surface area contributed by atoms with Crippen molar-refractivity contribution in [3.8, 4) is 0 Å². The summed E-state index contributed by atoms with van der Waals surface area (Å²) in [5.41, 5.74) is 0. The van der Waals surface area contributed by atoms with Crippen molar-refractivity contribution in [2.75, 3.05) is 14.1 Å². The zero-order valence-corrected chi connectivity index (χ0v) is 9.54. The summed E-state index contributed by atoms with van der Waals surface area (Å²) in [6, 6.07) is 0. The van der Waals surface area contributed by atoms with Crippen molar-refractivity contribution in [3.05, 3.63) is 0 Å². The van der Waals surface area contributed by atoms with E-state index in [1.165, 1.54) is 14.1 Å². The zero-order valence-electron chi connectivity index (χ0n) is 9.54. The standard InChI is InChI=1S/C11H12N2O4/c1-12-8(14)4-3-5-7(6(4)10(12)16)11(17)13(2)9(5)15/h4-7H,3H2,1-2H3. The van der Waals surface area contributed by atoms with Gasteiger partial charge < -0.3 is 0 Å². The van der Waals surface area contributed by atoms with Crippen LogP contribution in [0.1, 0.15) is 6.42 Å². The Hall–Kier alpha value is -1.72. The van der Waals surface area contributed by atoms with Crippen LogP contribution in [0.3, 0.4) is 0 Å². The highest BCUT2D eigenvalue weighted by molar-refractivity contribution is 6.13. The number of amides is 4. The van der Waals surface area contributed by atoms with Gasteiger partial charge in [-0.1, -0.05) is 0 Å². The first kappa shape index (κ1) is 10.4. The number of nitrogens with zero attached hydrogens (tertiary/aromatic N) is 2. The number of carbonyl (C=O) groups excluding carboxylic acids is 4. The van der Waals surface area contributed by atoms with E-state index in [1.54, 1.807) is 0 Å². The average Bonchev–Trinajstić information content (AvgIpc) is 2.86. The van der Waals surface area contributed by atoms with Crippen LogP contribution < -0.4 is 0 Å². The molecule has 4 amide bonds. The van der Waals surface area contributed by atoms with Gasteiger partial charge in [-0.05, 0) is 6.42 Å². The molecule has 3 aliphatic rings. The van der Waals surface area contributed by atoms with E-state index in [1.807, 2.05) is 0 Å². The molecule has 4 unspecified atom stereocenters. The highest BCUT2D eigenvalue weighted by Gasteiger charge is 2.64. The van der Waals surface area contributed by atoms with Gasteiger partial charge in [0.05, 0.1) is 23.7 Å². The minimum atomic E-state index is -0.612. The average molecular weight is 236 g/mol. The molecule has 2 heterocycles. The van der Waals surface area contributed by atoms with Crippen LogP contribution in [0.25, 0.3) is 0 Å². The van der Waals surface area contributed by atoms with Crippen LogP contribution in [0, 0.1) is 23.7 Å². The second-order valence-electron chi connectivity index (χ2n) is 4.97. The molecular weight excluding hydrogens is 224 g/mol. The Kier molecular flexibility index (Phi) is 1.80. The fraction of sp³-hybridized carbons (Fsp3) is 0.636. The van der Waals surface area contributed by atoms with Crippen molar-refractivity contribution in [2.45, 2.75) is 6.42 Å². The third-order valence-electron chi connectivity index (χ3n) is 4.29. The molecule has 1 saturated carbocycles. The molecule has 2 aliphatic heterocycles. The Morgan fingerprint density at radius 3 is 1.47 bits per heavy atom. The Morgan fingerprint density at radius 1 is 0.765 bits per heavy atom. The summed E-state index contributed by atoms with van der Waals surface area (Å²) in [6.07, 6.45) is 0.332. The van der Waals surface area contributed by atoms with E-state index in [0.29, 0.717) is 6.42 Å². The predicted octanol–water partition coefficient (Wildman–Crippen LogP) is -1.15. The molecule has 0 aromatic rings. The summed E-state index contributed by atoms with van der Waals surface area (Å²) in [5, 5.41) is 0. The number of imide groups is 2. The summed E-state index contributed by atoms with van der Waals surface area (Å²) >= 11 is 0. The Labute approximate surface area is 97.5 Å². The smallest absolute Gasteiger partial charge is 0.233 e. The molecule has 0 N–H and O–H groups in total. The minimum Gasteiger partial charge on any atom is -0.285 e. The fourth-order valence-electron chi connectivity index (χ4n) is 3.39. The third kappa shape index (κ3) is 1.01. The van der Waals surface area contributed by atoms with Crippen molar-refractivity contribution < 1.29 is 19.2 Å². The van der Waals surface area contributed by atoms with Crippen molar-refractivity contribution >= 4 is 23.6 Å². The second kappa shape index (κ2) is 2.94. The molecule has 17 heavy (non-hydrogen) atoms. The first-order valence-electron chi connectivity index (χ1n) is 5.58. The first-order valence-corrected chi connectivity index (χ1v) is 5.58. The maximum atomic E-state index is 11.9. The van der Waals surface area contributed by atoms with Crippen LogP contribution >= 0.6 is 0 Å². The fourth-order valence-corrected chi connectivity index (χ4v) is 3.39. The van der Waals surface area contributed by atoms with Gasteiger partial charge >= 0.3 is 0 Å². The summed E-state index contributed by atoms with van der Waals surface area (Å²) < 4.78 is 0. The van der Waals surface area contributed by atoms with Gasteiger partial charge in [-0.3, -0.25) is 29.0 Å². The van der Waals surface area contributed by atoms with Crippen LogP contribution in [-0.2, 0) is 19.2 Å². The molecular formula is C11H12N2O4.